The number of carbonyl (C=O) groups excluding carboxylic acids is 1. The van der Waals surface area contributed by atoms with Gasteiger partial charge < -0.3 is 5.32 Å². The quantitative estimate of drug-likeness (QED) is 0.900. The normalized spacial score (nSPS) is 16.6. The first-order valence-corrected chi connectivity index (χ1v) is 8.57. The van der Waals surface area contributed by atoms with Gasteiger partial charge in [-0.2, -0.15) is 0 Å². The minimum absolute atomic E-state index is 0.191. The molecule has 110 valence electrons. The highest BCUT2D eigenvalue weighted by molar-refractivity contribution is 7.92. The molecule has 1 aromatic carbocycles. The van der Waals surface area contributed by atoms with Gasteiger partial charge in [-0.25, -0.2) is 8.42 Å². The van der Waals surface area contributed by atoms with Crippen LogP contribution in [-0.2, 0) is 14.8 Å². The van der Waals surface area contributed by atoms with E-state index in [1.165, 1.54) is 0 Å². The van der Waals surface area contributed by atoms with Crippen LogP contribution in [0.3, 0.4) is 0 Å². The van der Waals surface area contributed by atoms with E-state index in [1.807, 2.05) is 0 Å². The minimum Gasteiger partial charge on any atom is -0.352 e. The molecule has 0 spiro atoms. The first-order chi connectivity index (χ1) is 9.29. The SMILES string of the molecule is C[C@H](C(=O)NC1CC1)N(c1ccc(Cl)cc1)S(C)(=O)=O. The summed E-state index contributed by atoms with van der Waals surface area (Å²) >= 11 is 5.80. The van der Waals surface area contributed by atoms with Crippen molar-refractivity contribution in [2.24, 2.45) is 0 Å². The molecule has 0 heterocycles. The van der Waals surface area contributed by atoms with Crippen LogP contribution >= 0.6 is 11.6 Å². The van der Waals surface area contributed by atoms with E-state index in [0.29, 0.717) is 10.7 Å². The number of benzene rings is 1. The molecule has 1 atom stereocenters. The van der Waals surface area contributed by atoms with Gasteiger partial charge in [0.05, 0.1) is 11.9 Å². The number of carbonyl (C=O) groups is 1. The molecule has 2 rings (SSSR count). The number of hydrogen-bond acceptors (Lipinski definition) is 3. The lowest BCUT2D eigenvalue weighted by Gasteiger charge is -2.28. The predicted molar refractivity (Wildman–Crippen MR) is 79.4 cm³/mol. The van der Waals surface area contributed by atoms with Gasteiger partial charge in [-0.1, -0.05) is 11.6 Å². The van der Waals surface area contributed by atoms with E-state index in [0.717, 1.165) is 23.4 Å². The standard InChI is InChI=1S/C13H17ClN2O3S/c1-9(13(17)15-11-5-6-11)16(20(2,18)19)12-7-3-10(14)4-8-12/h3-4,7-9,11H,5-6H2,1-2H3,(H,15,17)/t9-/m1/s1. The van der Waals surface area contributed by atoms with Crippen molar-refractivity contribution < 1.29 is 13.2 Å². The Kier molecular flexibility index (Phi) is 4.25. The first-order valence-electron chi connectivity index (χ1n) is 6.34. The molecule has 1 aliphatic carbocycles. The lowest BCUT2D eigenvalue weighted by molar-refractivity contribution is -0.121. The van der Waals surface area contributed by atoms with Crippen molar-refractivity contribution in [2.45, 2.75) is 31.8 Å². The Hall–Kier alpha value is -1.27. The van der Waals surface area contributed by atoms with E-state index in [4.69, 9.17) is 11.6 Å². The summed E-state index contributed by atoms with van der Waals surface area (Å²) < 4.78 is 25.1. The average molecular weight is 317 g/mol. The maximum atomic E-state index is 12.1. The number of hydrogen-bond donors (Lipinski definition) is 1. The third-order valence-corrected chi connectivity index (χ3v) is 4.59. The molecule has 0 aliphatic heterocycles. The lowest BCUT2D eigenvalue weighted by atomic mass is 10.2. The number of nitrogens with zero attached hydrogens (tertiary/aromatic N) is 1. The smallest absolute Gasteiger partial charge is 0.243 e. The van der Waals surface area contributed by atoms with Crippen LogP contribution in [0.5, 0.6) is 0 Å². The van der Waals surface area contributed by atoms with Gasteiger partial charge in [-0.3, -0.25) is 9.10 Å². The molecule has 7 heteroatoms. The lowest BCUT2D eigenvalue weighted by Crippen LogP contribution is -2.48. The van der Waals surface area contributed by atoms with Crippen molar-refractivity contribution in [2.75, 3.05) is 10.6 Å². The highest BCUT2D eigenvalue weighted by Crippen LogP contribution is 2.24. The second-order valence-electron chi connectivity index (χ2n) is 4.99. The fourth-order valence-corrected chi connectivity index (χ4v) is 3.25. The highest BCUT2D eigenvalue weighted by atomic mass is 35.5. The van der Waals surface area contributed by atoms with Crippen molar-refractivity contribution in [1.82, 2.24) is 5.32 Å². The molecule has 0 unspecified atom stereocenters. The zero-order valence-corrected chi connectivity index (χ0v) is 12.9. The fraction of sp³-hybridized carbons (Fsp3) is 0.462. The molecular weight excluding hydrogens is 300 g/mol. The van der Waals surface area contributed by atoms with Gasteiger partial charge in [0.1, 0.15) is 6.04 Å². The van der Waals surface area contributed by atoms with Crippen molar-refractivity contribution in [3.63, 3.8) is 0 Å². The van der Waals surface area contributed by atoms with Gasteiger partial charge in [0, 0.05) is 11.1 Å². The average Bonchev–Trinajstić information content (AvgIpc) is 3.14. The number of sulfonamides is 1. The van der Waals surface area contributed by atoms with E-state index < -0.39 is 16.1 Å². The summed E-state index contributed by atoms with van der Waals surface area (Å²) in [7, 11) is -3.56. The van der Waals surface area contributed by atoms with E-state index in [9.17, 15) is 13.2 Å². The summed E-state index contributed by atoms with van der Waals surface area (Å²) in [5.41, 5.74) is 0.426. The molecule has 1 aromatic rings. The van der Waals surface area contributed by atoms with Crippen molar-refractivity contribution >= 4 is 33.2 Å². The molecule has 1 fully saturated rings. The summed E-state index contributed by atoms with van der Waals surface area (Å²) in [5.74, 6) is -0.284. The number of halogens is 1. The number of anilines is 1. The van der Waals surface area contributed by atoms with Crippen molar-refractivity contribution in [1.29, 1.82) is 0 Å². The van der Waals surface area contributed by atoms with Crippen LogP contribution in [0, 0.1) is 0 Å². The van der Waals surface area contributed by atoms with E-state index >= 15 is 0 Å². The van der Waals surface area contributed by atoms with E-state index in [2.05, 4.69) is 5.32 Å². The molecule has 0 bridgehead atoms. The molecule has 0 aromatic heterocycles. The monoisotopic (exact) mass is 316 g/mol. The Morgan fingerprint density at radius 1 is 1.35 bits per heavy atom. The van der Waals surface area contributed by atoms with E-state index in [1.54, 1.807) is 31.2 Å². The van der Waals surface area contributed by atoms with Gasteiger partial charge >= 0.3 is 0 Å². The summed E-state index contributed by atoms with van der Waals surface area (Å²) in [6.07, 6.45) is 3.00. The second kappa shape index (κ2) is 5.61. The third kappa shape index (κ3) is 3.64. The van der Waals surface area contributed by atoms with Crippen molar-refractivity contribution in [3.8, 4) is 0 Å². The number of nitrogens with one attached hydrogen (secondary N) is 1. The molecule has 1 amide bonds. The fourth-order valence-electron chi connectivity index (χ4n) is 1.95. The van der Waals surface area contributed by atoms with E-state index in [-0.39, 0.29) is 11.9 Å². The Bertz CT molecular complexity index is 597. The Morgan fingerprint density at radius 3 is 2.35 bits per heavy atom. The second-order valence-corrected chi connectivity index (χ2v) is 7.29. The Morgan fingerprint density at radius 2 is 1.90 bits per heavy atom. The minimum atomic E-state index is -3.56. The Balaban J connectivity index is 2.27. The molecule has 1 aliphatic rings. The summed E-state index contributed by atoms with van der Waals surface area (Å²) in [6.45, 7) is 1.58. The topological polar surface area (TPSA) is 66.5 Å². The van der Waals surface area contributed by atoms with Crippen LogP contribution in [-0.4, -0.2) is 32.7 Å². The summed E-state index contributed by atoms with van der Waals surface area (Å²) in [4.78, 5) is 12.1. The van der Waals surface area contributed by atoms with Gasteiger partial charge in [0.25, 0.3) is 0 Å². The van der Waals surface area contributed by atoms with Crippen LogP contribution in [0.4, 0.5) is 5.69 Å². The third-order valence-electron chi connectivity index (χ3n) is 3.09. The summed E-state index contributed by atoms with van der Waals surface area (Å²) in [5, 5.41) is 3.33. The van der Waals surface area contributed by atoms with Crippen LogP contribution in [0.2, 0.25) is 5.02 Å². The van der Waals surface area contributed by atoms with Crippen LogP contribution in [0.1, 0.15) is 19.8 Å². The molecular formula is C13H17ClN2O3S. The summed E-state index contributed by atoms with van der Waals surface area (Å²) in [6, 6.07) is 5.76. The molecule has 1 saturated carbocycles. The van der Waals surface area contributed by atoms with Gasteiger partial charge in [-0.15, -0.1) is 0 Å². The molecule has 5 nitrogen and oxygen atoms in total. The molecule has 1 N–H and O–H groups in total. The Labute approximate surface area is 124 Å². The first kappa shape index (κ1) is 15.1. The van der Waals surface area contributed by atoms with Gasteiger partial charge in [-0.05, 0) is 44.0 Å². The van der Waals surface area contributed by atoms with Gasteiger partial charge in [0.15, 0.2) is 0 Å². The van der Waals surface area contributed by atoms with Crippen LogP contribution in [0.15, 0.2) is 24.3 Å². The van der Waals surface area contributed by atoms with Crippen molar-refractivity contribution in [3.05, 3.63) is 29.3 Å². The molecule has 0 saturated heterocycles. The highest BCUT2D eigenvalue weighted by Gasteiger charge is 2.32. The molecule has 20 heavy (non-hydrogen) atoms. The number of rotatable bonds is 5. The van der Waals surface area contributed by atoms with Crippen LogP contribution in [0.25, 0.3) is 0 Å². The largest absolute Gasteiger partial charge is 0.352 e. The molecule has 0 radical (unpaired) electrons. The zero-order valence-electron chi connectivity index (χ0n) is 11.3. The maximum absolute atomic E-state index is 12.1. The predicted octanol–water partition coefficient (Wildman–Crippen LogP) is 1.77. The van der Waals surface area contributed by atoms with Gasteiger partial charge in [0.2, 0.25) is 15.9 Å². The zero-order chi connectivity index (χ0) is 14.9. The number of amides is 1. The van der Waals surface area contributed by atoms with Crippen LogP contribution < -0.4 is 9.62 Å². The maximum Gasteiger partial charge on any atom is 0.243 e.